The highest BCUT2D eigenvalue weighted by molar-refractivity contribution is 7.10. The van der Waals surface area contributed by atoms with E-state index in [-0.39, 0.29) is 6.04 Å². The molecule has 0 bridgehead atoms. The Morgan fingerprint density at radius 2 is 2.05 bits per heavy atom. The van der Waals surface area contributed by atoms with Gasteiger partial charge < -0.3 is 11.1 Å². The van der Waals surface area contributed by atoms with Gasteiger partial charge in [0.2, 0.25) is 0 Å². The number of hydrogen-bond acceptors (Lipinski definition) is 3. The van der Waals surface area contributed by atoms with Crippen LogP contribution in [-0.4, -0.2) is 0 Å². The number of rotatable bonds is 5. The van der Waals surface area contributed by atoms with Gasteiger partial charge in [-0.25, -0.2) is 0 Å². The van der Waals surface area contributed by atoms with E-state index in [0.29, 0.717) is 15.7 Å². The maximum absolute atomic E-state index is 6.05. The smallest absolute Gasteiger partial charge is 0.0614 e. The van der Waals surface area contributed by atoms with Gasteiger partial charge in [0.05, 0.1) is 27.5 Å². The molecule has 0 amide bonds. The lowest BCUT2D eigenvalue weighted by atomic mass is 10.1. The Morgan fingerprint density at radius 1 is 1.32 bits per heavy atom. The zero-order valence-electron chi connectivity index (χ0n) is 10.6. The largest absolute Gasteiger partial charge is 0.397 e. The molecule has 1 heterocycles. The molecule has 1 unspecified atom stereocenters. The lowest BCUT2D eigenvalue weighted by molar-refractivity contribution is 0.688. The molecule has 1 atom stereocenters. The third kappa shape index (κ3) is 3.56. The van der Waals surface area contributed by atoms with Crippen molar-refractivity contribution < 1.29 is 0 Å². The summed E-state index contributed by atoms with van der Waals surface area (Å²) in [7, 11) is 0. The van der Waals surface area contributed by atoms with E-state index < -0.39 is 0 Å². The van der Waals surface area contributed by atoms with Gasteiger partial charge in [-0.05, 0) is 30.0 Å². The van der Waals surface area contributed by atoms with E-state index in [1.165, 1.54) is 4.88 Å². The fraction of sp³-hybridized carbons (Fsp3) is 0.286. The second-order valence-electron chi connectivity index (χ2n) is 4.35. The average molecular weight is 315 g/mol. The van der Waals surface area contributed by atoms with Gasteiger partial charge in [-0.1, -0.05) is 42.6 Å². The van der Waals surface area contributed by atoms with Crippen LogP contribution in [0.15, 0.2) is 29.6 Å². The summed E-state index contributed by atoms with van der Waals surface area (Å²) in [6, 6.07) is 7.91. The molecular weight excluding hydrogens is 299 g/mol. The first-order valence-corrected chi connectivity index (χ1v) is 7.79. The molecule has 19 heavy (non-hydrogen) atoms. The minimum Gasteiger partial charge on any atom is -0.397 e. The van der Waals surface area contributed by atoms with Crippen molar-refractivity contribution in [3.63, 3.8) is 0 Å². The maximum atomic E-state index is 6.05. The number of anilines is 2. The van der Waals surface area contributed by atoms with Crippen LogP contribution >= 0.6 is 34.5 Å². The van der Waals surface area contributed by atoms with Crippen LogP contribution in [0, 0.1) is 0 Å². The zero-order chi connectivity index (χ0) is 13.8. The van der Waals surface area contributed by atoms with E-state index >= 15 is 0 Å². The number of benzene rings is 1. The molecular formula is C14H16Cl2N2S. The van der Waals surface area contributed by atoms with E-state index in [9.17, 15) is 0 Å². The Labute approximate surface area is 127 Å². The number of halogens is 2. The average Bonchev–Trinajstić information content (AvgIpc) is 2.89. The van der Waals surface area contributed by atoms with Crippen molar-refractivity contribution in [2.24, 2.45) is 0 Å². The highest BCUT2D eigenvalue weighted by atomic mass is 35.5. The van der Waals surface area contributed by atoms with Crippen molar-refractivity contribution in [3.8, 4) is 0 Å². The first-order chi connectivity index (χ1) is 9.11. The molecule has 3 N–H and O–H groups in total. The van der Waals surface area contributed by atoms with Crippen molar-refractivity contribution in [1.82, 2.24) is 0 Å². The predicted molar refractivity (Wildman–Crippen MR) is 86.5 cm³/mol. The summed E-state index contributed by atoms with van der Waals surface area (Å²) in [5.41, 5.74) is 7.44. The first kappa shape index (κ1) is 14.5. The van der Waals surface area contributed by atoms with Crippen molar-refractivity contribution in [1.29, 1.82) is 0 Å². The lowest BCUT2D eigenvalue weighted by Crippen LogP contribution is -2.10. The van der Waals surface area contributed by atoms with Crippen LogP contribution in [-0.2, 0) is 0 Å². The molecule has 102 valence electrons. The molecule has 0 saturated heterocycles. The monoisotopic (exact) mass is 314 g/mol. The van der Waals surface area contributed by atoms with E-state index in [1.54, 1.807) is 23.5 Å². The molecule has 0 saturated carbocycles. The van der Waals surface area contributed by atoms with Gasteiger partial charge in [-0.2, -0.15) is 0 Å². The summed E-state index contributed by atoms with van der Waals surface area (Å²) in [5.74, 6) is 0. The summed E-state index contributed by atoms with van der Waals surface area (Å²) in [5, 5.41) is 6.54. The molecule has 0 radical (unpaired) electrons. The van der Waals surface area contributed by atoms with Gasteiger partial charge >= 0.3 is 0 Å². The summed E-state index contributed by atoms with van der Waals surface area (Å²) < 4.78 is 0. The molecule has 0 spiro atoms. The van der Waals surface area contributed by atoms with Crippen LogP contribution in [0.4, 0.5) is 11.4 Å². The minimum absolute atomic E-state index is 0.254. The van der Waals surface area contributed by atoms with Gasteiger partial charge in [0.1, 0.15) is 0 Å². The molecule has 5 heteroatoms. The zero-order valence-corrected chi connectivity index (χ0v) is 12.9. The first-order valence-electron chi connectivity index (χ1n) is 6.16. The molecule has 0 aliphatic carbocycles. The number of hydrogen-bond donors (Lipinski definition) is 2. The highest BCUT2D eigenvalue weighted by Crippen LogP contribution is 2.34. The van der Waals surface area contributed by atoms with Crippen molar-refractivity contribution in [2.75, 3.05) is 11.1 Å². The van der Waals surface area contributed by atoms with Crippen LogP contribution in [0.5, 0.6) is 0 Å². The fourth-order valence-electron chi connectivity index (χ4n) is 1.94. The summed E-state index contributed by atoms with van der Waals surface area (Å²) in [6.07, 6.45) is 2.14. The maximum Gasteiger partial charge on any atom is 0.0614 e. The van der Waals surface area contributed by atoms with Crippen LogP contribution in [0.25, 0.3) is 0 Å². The van der Waals surface area contributed by atoms with Crippen molar-refractivity contribution in [3.05, 3.63) is 44.6 Å². The third-order valence-electron chi connectivity index (χ3n) is 2.89. The standard InChI is InChI=1S/C14H16Cl2N2S/c1-2-4-12(14-5-3-6-19-14)18-13-8-10(16)9(15)7-11(13)17/h3,5-8,12,18H,2,4,17H2,1H3. The van der Waals surface area contributed by atoms with Crippen LogP contribution in [0.3, 0.4) is 0 Å². The SMILES string of the molecule is CCCC(Nc1cc(Cl)c(Cl)cc1N)c1cccs1. The molecule has 2 aromatic rings. The summed E-state index contributed by atoms with van der Waals surface area (Å²) >= 11 is 13.7. The lowest BCUT2D eigenvalue weighted by Gasteiger charge is -2.20. The normalized spacial score (nSPS) is 12.4. The van der Waals surface area contributed by atoms with E-state index in [1.807, 2.05) is 0 Å². The Hall–Kier alpha value is -0.900. The molecule has 1 aromatic heterocycles. The Bertz CT molecular complexity index is 541. The Kier molecular flexibility index (Phi) is 4.97. The van der Waals surface area contributed by atoms with Gasteiger partial charge in [0, 0.05) is 4.88 Å². The summed E-state index contributed by atoms with van der Waals surface area (Å²) in [6.45, 7) is 2.17. The number of nitrogen functional groups attached to an aromatic ring is 1. The molecule has 0 aliphatic heterocycles. The topological polar surface area (TPSA) is 38.0 Å². The second-order valence-corrected chi connectivity index (χ2v) is 6.15. The van der Waals surface area contributed by atoms with Crippen molar-refractivity contribution in [2.45, 2.75) is 25.8 Å². The molecule has 0 aliphatic rings. The molecule has 1 aromatic carbocycles. The molecule has 0 fully saturated rings. The fourth-order valence-corrected chi connectivity index (χ4v) is 3.09. The predicted octanol–water partition coefficient (Wildman–Crippen LogP) is 5.59. The highest BCUT2D eigenvalue weighted by Gasteiger charge is 2.14. The van der Waals surface area contributed by atoms with E-state index in [0.717, 1.165) is 18.5 Å². The summed E-state index contributed by atoms with van der Waals surface area (Å²) in [4.78, 5) is 1.30. The van der Waals surface area contributed by atoms with E-state index in [2.05, 4.69) is 29.8 Å². The Morgan fingerprint density at radius 3 is 2.68 bits per heavy atom. The van der Waals surface area contributed by atoms with Gasteiger partial charge in [-0.3, -0.25) is 0 Å². The van der Waals surface area contributed by atoms with Crippen LogP contribution in [0.2, 0.25) is 10.0 Å². The van der Waals surface area contributed by atoms with Crippen LogP contribution < -0.4 is 11.1 Å². The Balaban J connectivity index is 2.24. The van der Waals surface area contributed by atoms with Gasteiger partial charge in [0.25, 0.3) is 0 Å². The third-order valence-corrected chi connectivity index (χ3v) is 4.59. The number of thiophene rings is 1. The molecule has 2 nitrogen and oxygen atoms in total. The number of nitrogens with two attached hydrogens (primary N) is 1. The molecule has 2 rings (SSSR count). The second kappa shape index (κ2) is 6.51. The minimum atomic E-state index is 0.254. The van der Waals surface area contributed by atoms with Gasteiger partial charge in [0.15, 0.2) is 0 Å². The van der Waals surface area contributed by atoms with Gasteiger partial charge in [-0.15, -0.1) is 11.3 Å². The quantitative estimate of drug-likeness (QED) is 0.706. The number of nitrogens with one attached hydrogen (secondary N) is 1. The van der Waals surface area contributed by atoms with Crippen LogP contribution in [0.1, 0.15) is 30.7 Å². The van der Waals surface area contributed by atoms with Crippen molar-refractivity contribution >= 4 is 45.9 Å². The van der Waals surface area contributed by atoms with E-state index in [4.69, 9.17) is 28.9 Å².